The Kier molecular flexibility index (Phi) is 13.7. The van der Waals surface area contributed by atoms with Crippen LogP contribution in [0.25, 0.3) is 28.0 Å². The minimum absolute atomic E-state index is 0.0139. The number of hydrogen-bond donors (Lipinski definition) is 4. The third-order valence-corrected chi connectivity index (χ3v) is 12.5. The summed E-state index contributed by atoms with van der Waals surface area (Å²) in [5.41, 5.74) is -0.509. The van der Waals surface area contributed by atoms with Crippen molar-refractivity contribution in [2.45, 2.75) is 97.4 Å². The molecule has 3 aromatic carbocycles. The molecule has 366 valence electrons. The molecule has 70 heavy (non-hydrogen) atoms. The van der Waals surface area contributed by atoms with Crippen molar-refractivity contribution in [1.82, 2.24) is 35.0 Å². The van der Waals surface area contributed by atoms with Crippen LogP contribution in [-0.4, -0.2) is 109 Å². The van der Waals surface area contributed by atoms with Crippen molar-refractivity contribution in [2.75, 3.05) is 36.4 Å². The summed E-state index contributed by atoms with van der Waals surface area (Å²) in [5.74, 6) is -5.03. The summed E-state index contributed by atoms with van der Waals surface area (Å²) in [6, 6.07) is 13.2. The largest absolute Gasteiger partial charge is 0.507 e. The number of halogens is 2. The van der Waals surface area contributed by atoms with Crippen LogP contribution in [0.2, 0.25) is 0 Å². The summed E-state index contributed by atoms with van der Waals surface area (Å²) in [7, 11) is 0. The Labute approximate surface area is 401 Å². The van der Waals surface area contributed by atoms with E-state index in [9.17, 15) is 38.7 Å². The number of anilines is 2. The molecule has 0 aliphatic carbocycles. The van der Waals surface area contributed by atoms with E-state index in [0.29, 0.717) is 48.3 Å². The minimum atomic E-state index is -1.08. The summed E-state index contributed by atoms with van der Waals surface area (Å²) < 4.78 is 38.4. The van der Waals surface area contributed by atoms with E-state index in [1.165, 1.54) is 22.8 Å². The normalized spacial score (nSPS) is 17.2. The van der Waals surface area contributed by atoms with Crippen molar-refractivity contribution >= 4 is 58.2 Å². The van der Waals surface area contributed by atoms with Gasteiger partial charge in [0.2, 0.25) is 17.7 Å². The number of aryl methyl sites for hydroxylation is 1. The number of nitrogens with zero attached hydrogens (tertiary/aromatic N) is 6. The lowest BCUT2D eigenvalue weighted by Gasteiger charge is -2.41. The topological polar surface area (TPSA) is 225 Å². The van der Waals surface area contributed by atoms with E-state index in [0.717, 1.165) is 17.0 Å². The van der Waals surface area contributed by atoms with Gasteiger partial charge in [0, 0.05) is 57.3 Å². The number of imide groups is 2. The first-order valence-electron chi connectivity index (χ1n) is 23.1. The van der Waals surface area contributed by atoms with E-state index in [1.54, 1.807) is 67.8 Å². The maximum Gasteiger partial charge on any atom is 0.410 e. The summed E-state index contributed by atoms with van der Waals surface area (Å²) in [6.45, 7) is 9.87. The Hall–Kier alpha value is -7.77. The molecule has 1 unspecified atom stereocenters. The molecule has 6 amide bonds. The first-order valence-corrected chi connectivity index (χ1v) is 23.1. The highest BCUT2D eigenvalue weighted by Gasteiger charge is 2.45. The Morgan fingerprint density at radius 3 is 2.40 bits per heavy atom. The van der Waals surface area contributed by atoms with Gasteiger partial charge >= 0.3 is 11.8 Å². The fourth-order valence-corrected chi connectivity index (χ4v) is 9.15. The van der Waals surface area contributed by atoms with Gasteiger partial charge in [-0.3, -0.25) is 34.2 Å². The molecule has 3 aliphatic rings. The number of fused-ring (bicyclic) bond motifs is 2. The van der Waals surface area contributed by atoms with Crippen LogP contribution in [0.5, 0.6) is 5.75 Å². The van der Waals surface area contributed by atoms with E-state index in [2.05, 4.69) is 25.9 Å². The molecule has 3 aliphatic heterocycles. The van der Waals surface area contributed by atoms with Crippen molar-refractivity contribution in [2.24, 2.45) is 0 Å². The molecule has 5 aromatic rings. The zero-order chi connectivity index (χ0) is 50.2. The number of unbranched alkanes of at least 4 members (excludes halogenated alkanes) is 2. The molecule has 0 spiro atoms. The molecule has 2 saturated heterocycles. The highest BCUT2D eigenvalue weighted by Crippen LogP contribution is 2.37. The van der Waals surface area contributed by atoms with E-state index < -0.39 is 81.7 Å². The molecule has 18 nitrogen and oxygen atoms in total. The first-order chi connectivity index (χ1) is 33.3. The molecule has 20 heteroatoms. The van der Waals surface area contributed by atoms with Gasteiger partial charge in [0.25, 0.3) is 11.8 Å². The number of benzene rings is 3. The molecule has 2 fully saturated rings. The number of hydrogen-bond acceptors (Lipinski definition) is 13. The predicted molar refractivity (Wildman–Crippen MR) is 253 cm³/mol. The average Bonchev–Trinajstić information content (AvgIpc) is 3.55. The molecule has 0 radical (unpaired) electrons. The maximum atomic E-state index is 16.3. The number of aromatic nitrogens is 3. The molecule has 8 rings (SSSR count). The number of piperidine rings is 1. The number of ether oxygens (including phenoxy) is 1. The van der Waals surface area contributed by atoms with Gasteiger partial charge in [-0.15, -0.1) is 0 Å². The number of aromatic hydroxyl groups is 1. The van der Waals surface area contributed by atoms with Crippen LogP contribution in [0, 0.1) is 18.6 Å². The average molecular weight is 962 g/mol. The molecule has 2 aromatic heterocycles. The molecule has 0 saturated carbocycles. The third kappa shape index (κ3) is 9.75. The number of phenolic OH excluding ortho intramolecular Hbond substituents is 1. The number of rotatable bonds is 13. The van der Waals surface area contributed by atoms with Crippen LogP contribution in [0.4, 0.5) is 25.1 Å². The van der Waals surface area contributed by atoms with Gasteiger partial charge in [-0.25, -0.2) is 27.9 Å². The number of amides is 6. The Bertz CT molecular complexity index is 3010. The van der Waals surface area contributed by atoms with E-state index in [-0.39, 0.29) is 79.3 Å². The number of phenols is 1. The van der Waals surface area contributed by atoms with Gasteiger partial charge in [-0.05, 0) is 95.3 Å². The van der Waals surface area contributed by atoms with Crippen LogP contribution in [0.15, 0.2) is 65.5 Å². The Balaban J connectivity index is 0.976. The zero-order valence-electron chi connectivity index (χ0n) is 39.4. The number of pyridine rings is 1. The van der Waals surface area contributed by atoms with Crippen molar-refractivity contribution < 1.29 is 47.4 Å². The fraction of sp³-hybridized carbons (Fsp3) is 0.380. The molecule has 0 bridgehead atoms. The lowest BCUT2D eigenvalue weighted by atomic mass is 10.0. The van der Waals surface area contributed by atoms with Crippen LogP contribution in [-0.2, 0) is 25.7 Å². The highest BCUT2D eigenvalue weighted by molar-refractivity contribution is 6.25. The molecule has 2 atom stereocenters. The lowest BCUT2D eigenvalue weighted by molar-refractivity contribution is -0.136. The second kappa shape index (κ2) is 19.7. The summed E-state index contributed by atoms with van der Waals surface area (Å²) in [5, 5.41) is 19.2. The predicted octanol–water partition coefficient (Wildman–Crippen LogP) is 5.88. The van der Waals surface area contributed by atoms with Gasteiger partial charge in [0.05, 0.1) is 27.8 Å². The second-order valence-corrected chi connectivity index (χ2v) is 18.6. The number of piperazine rings is 1. The standard InChI is InChI=1S/C50H53F2N9O9/c1-27-12-9-13-29(25-54-37(63)18-7-6-8-21-53-34-16-10-14-30-39(34)47(67)60(46(30)66)35-19-20-38(64)55-45(35)65)42(27)61-44-31(24-33(52)41(56-44)40-32(51)15-11-17-36(40)62)43(57-48(61)68)59-23-22-58(26-28(59)2)49(69)70-50(3,4)5/h9-17,24,28,35,53,62H,6-8,18-23,25-26H2,1-5H3,(H,54,63)(H,55,64,65)/t28-,35?/m0/s1. The summed E-state index contributed by atoms with van der Waals surface area (Å²) in [4.78, 5) is 105. The molecule has 4 N–H and O–H groups in total. The van der Waals surface area contributed by atoms with Crippen molar-refractivity contribution in [3.63, 3.8) is 0 Å². The summed E-state index contributed by atoms with van der Waals surface area (Å²) in [6.07, 6.45) is 1.45. The Morgan fingerprint density at radius 2 is 1.67 bits per heavy atom. The second-order valence-electron chi connectivity index (χ2n) is 18.6. The Morgan fingerprint density at radius 1 is 0.914 bits per heavy atom. The van der Waals surface area contributed by atoms with Gasteiger partial charge in [0.15, 0.2) is 11.5 Å². The summed E-state index contributed by atoms with van der Waals surface area (Å²) >= 11 is 0. The molecular formula is C50H53F2N9O9. The molecular weight excluding hydrogens is 909 g/mol. The van der Waals surface area contributed by atoms with Crippen molar-refractivity contribution in [1.29, 1.82) is 0 Å². The van der Waals surface area contributed by atoms with E-state index in [1.807, 2.05) is 6.92 Å². The quantitative estimate of drug-likeness (QED) is 0.0801. The number of para-hydroxylation sites is 1. The van der Waals surface area contributed by atoms with Gasteiger partial charge in [0.1, 0.15) is 34.7 Å². The van der Waals surface area contributed by atoms with E-state index >= 15 is 8.78 Å². The van der Waals surface area contributed by atoms with Gasteiger partial charge in [-0.1, -0.05) is 36.8 Å². The number of nitrogens with one attached hydrogen (secondary N) is 3. The van der Waals surface area contributed by atoms with Crippen molar-refractivity contribution in [3.05, 3.63) is 105 Å². The van der Waals surface area contributed by atoms with Crippen molar-refractivity contribution in [3.8, 4) is 22.7 Å². The van der Waals surface area contributed by atoms with Crippen LogP contribution in [0.1, 0.15) is 98.1 Å². The van der Waals surface area contributed by atoms with Crippen LogP contribution >= 0.6 is 0 Å². The van der Waals surface area contributed by atoms with E-state index in [4.69, 9.17) is 4.74 Å². The number of carbonyl (C=O) groups is 6. The SMILES string of the molecule is Cc1cccc(CNC(=O)CCCCCNc2cccc3c2C(=O)N(C2CCC(=O)NC2=O)C3=O)c1-n1c(=O)nc(N2CCN(C(=O)OC(C)(C)C)C[C@@H]2C)c2cc(F)c(-c3c(O)cccc3F)nc21. The highest BCUT2D eigenvalue weighted by atomic mass is 19.1. The van der Waals surface area contributed by atoms with Crippen LogP contribution in [0.3, 0.4) is 0 Å². The zero-order valence-corrected chi connectivity index (χ0v) is 39.4. The lowest BCUT2D eigenvalue weighted by Crippen LogP contribution is -2.55. The fourth-order valence-electron chi connectivity index (χ4n) is 9.15. The van der Waals surface area contributed by atoms with Gasteiger partial charge in [-0.2, -0.15) is 4.98 Å². The minimum Gasteiger partial charge on any atom is -0.507 e. The third-order valence-electron chi connectivity index (χ3n) is 12.5. The maximum absolute atomic E-state index is 16.3. The number of carbonyl (C=O) groups excluding carboxylic acids is 6. The van der Waals surface area contributed by atoms with Crippen LogP contribution < -0.4 is 26.5 Å². The monoisotopic (exact) mass is 961 g/mol. The smallest absolute Gasteiger partial charge is 0.410 e. The first kappa shape index (κ1) is 48.7. The van der Waals surface area contributed by atoms with Gasteiger partial charge < -0.3 is 30.3 Å². The molecule has 5 heterocycles.